The summed E-state index contributed by atoms with van der Waals surface area (Å²) in [6.45, 7) is 4.43. The summed E-state index contributed by atoms with van der Waals surface area (Å²) in [5.74, 6) is 0. The standard InChI is InChI=1S/C25H26N6O/c1-17(18-5-3-2-4-6-18)28-24(32)30-11-8-25(16-30)9-12-31-22(25)14-21(29-31)20-13-19-7-10-26-23(19)27-15-20/h2-7,10,13-15,17H,8-9,11-12,16H2,1H3,(H,26,27)(H,28,32)/t17-,25?/m1/s1. The van der Waals surface area contributed by atoms with Gasteiger partial charge in [-0.05, 0) is 43.5 Å². The Balaban J connectivity index is 1.21. The molecular formula is C25H26N6O. The summed E-state index contributed by atoms with van der Waals surface area (Å²) < 4.78 is 2.13. The van der Waals surface area contributed by atoms with Gasteiger partial charge >= 0.3 is 6.03 Å². The molecule has 2 atom stereocenters. The lowest BCUT2D eigenvalue weighted by Gasteiger charge is -2.25. The molecule has 2 amide bonds. The highest BCUT2D eigenvalue weighted by Gasteiger charge is 2.47. The smallest absolute Gasteiger partial charge is 0.317 e. The van der Waals surface area contributed by atoms with Gasteiger partial charge in [-0.25, -0.2) is 9.78 Å². The van der Waals surface area contributed by atoms with Crippen molar-refractivity contribution in [2.45, 2.75) is 37.8 Å². The highest BCUT2D eigenvalue weighted by Crippen LogP contribution is 2.43. The number of fused-ring (bicyclic) bond motifs is 3. The average Bonchev–Trinajstić information content (AvgIpc) is 3.60. The van der Waals surface area contributed by atoms with Crippen molar-refractivity contribution < 1.29 is 4.79 Å². The molecule has 0 bridgehead atoms. The van der Waals surface area contributed by atoms with Crippen LogP contribution in [-0.4, -0.2) is 43.8 Å². The second-order valence-electron chi connectivity index (χ2n) is 9.06. The van der Waals surface area contributed by atoms with Crippen LogP contribution in [-0.2, 0) is 12.0 Å². The van der Waals surface area contributed by atoms with Crippen LogP contribution in [0.1, 0.15) is 37.1 Å². The van der Waals surface area contributed by atoms with E-state index in [4.69, 9.17) is 5.10 Å². The van der Waals surface area contributed by atoms with E-state index >= 15 is 0 Å². The number of nitrogens with one attached hydrogen (secondary N) is 2. The first kappa shape index (κ1) is 19.1. The Morgan fingerprint density at radius 3 is 2.88 bits per heavy atom. The summed E-state index contributed by atoms with van der Waals surface area (Å²) in [7, 11) is 0. The second-order valence-corrected chi connectivity index (χ2v) is 9.06. The molecule has 4 aromatic rings. The number of pyridine rings is 1. The molecule has 1 unspecified atom stereocenters. The van der Waals surface area contributed by atoms with Gasteiger partial charge in [0.25, 0.3) is 0 Å². The van der Waals surface area contributed by atoms with Crippen LogP contribution >= 0.6 is 0 Å². The molecule has 1 aromatic carbocycles. The minimum Gasteiger partial charge on any atom is -0.346 e. The Morgan fingerprint density at radius 1 is 1.16 bits per heavy atom. The number of nitrogens with zero attached hydrogens (tertiary/aromatic N) is 4. The number of urea groups is 1. The molecule has 0 radical (unpaired) electrons. The van der Waals surface area contributed by atoms with Gasteiger partial charge in [0.15, 0.2) is 0 Å². The lowest BCUT2D eigenvalue weighted by atomic mass is 9.82. The third-order valence-corrected chi connectivity index (χ3v) is 7.10. The molecule has 0 saturated carbocycles. The number of carbonyl (C=O) groups excluding carboxylic acids is 1. The van der Waals surface area contributed by atoms with Crippen LogP contribution in [0.2, 0.25) is 0 Å². The number of aryl methyl sites for hydroxylation is 1. The zero-order chi connectivity index (χ0) is 21.7. The minimum atomic E-state index is -0.0168. The van der Waals surface area contributed by atoms with Gasteiger partial charge in [-0.1, -0.05) is 30.3 Å². The van der Waals surface area contributed by atoms with Crippen LogP contribution in [0.15, 0.2) is 60.9 Å². The van der Waals surface area contributed by atoms with Crippen LogP contribution in [0, 0.1) is 0 Å². The molecule has 32 heavy (non-hydrogen) atoms. The molecule has 0 aliphatic carbocycles. The zero-order valence-corrected chi connectivity index (χ0v) is 18.1. The lowest BCUT2D eigenvalue weighted by Crippen LogP contribution is -2.41. The molecule has 2 N–H and O–H groups in total. The average molecular weight is 427 g/mol. The number of aromatic amines is 1. The number of rotatable bonds is 3. The fraction of sp³-hybridized carbons (Fsp3) is 0.320. The normalized spacial score (nSPS) is 20.7. The van der Waals surface area contributed by atoms with Crippen molar-refractivity contribution in [2.75, 3.05) is 13.1 Å². The van der Waals surface area contributed by atoms with E-state index < -0.39 is 0 Å². The van der Waals surface area contributed by atoms with Gasteiger partial charge in [0.2, 0.25) is 0 Å². The fourth-order valence-corrected chi connectivity index (χ4v) is 5.24. The van der Waals surface area contributed by atoms with Crippen LogP contribution in [0.4, 0.5) is 4.79 Å². The Morgan fingerprint density at radius 2 is 2.00 bits per heavy atom. The van der Waals surface area contributed by atoms with E-state index in [0.717, 1.165) is 60.3 Å². The SMILES string of the molecule is C[C@@H](NC(=O)N1CCC2(CCn3nc(-c4cnc5[nH]ccc5c4)cc32)C1)c1ccccc1. The van der Waals surface area contributed by atoms with Crippen molar-refractivity contribution >= 4 is 17.1 Å². The van der Waals surface area contributed by atoms with Gasteiger partial charge in [0, 0.05) is 54.1 Å². The van der Waals surface area contributed by atoms with Gasteiger partial charge in [0.05, 0.1) is 11.7 Å². The second kappa shape index (κ2) is 7.22. The highest BCUT2D eigenvalue weighted by molar-refractivity contribution is 5.80. The molecule has 7 heteroatoms. The van der Waals surface area contributed by atoms with Crippen LogP contribution in [0.5, 0.6) is 0 Å². The van der Waals surface area contributed by atoms with E-state index in [1.807, 2.05) is 60.6 Å². The number of H-pyrrole nitrogens is 1. The molecule has 1 spiro atoms. The molecule has 1 fully saturated rings. The number of aromatic nitrogens is 4. The van der Waals surface area contributed by atoms with E-state index in [9.17, 15) is 4.79 Å². The summed E-state index contributed by atoms with van der Waals surface area (Å²) in [4.78, 5) is 22.6. The minimum absolute atomic E-state index is 0.00973. The van der Waals surface area contributed by atoms with E-state index in [-0.39, 0.29) is 17.5 Å². The molecule has 5 heterocycles. The number of benzene rings is 1. The van der Waals surface area contributed by atoms with Crippen molar-refractivity contribution in [1.29, 1.82) is 0 Å². The van der Waals surface area contributed by atoms with Gasteiger partial charge in [-0.3, -0.25) is 4.68 Å². The number of carbonyl (C=O) groups is 1. The van der Waals surface area contributed by atoms with E-state index in [0.29, 0.717) is 0 Å². The van der Waals surface area contributed by atoms with E-state index in [1.165, 1.54) is 5.69 Å². The molecule has 162 valence electrons. The fourth-order valence-electron chi connectivity index (χ4n) is 5.24. The summed E-state index contributed by atoms with van der Waals surface area (Å²) in [6.07, 6.45) is 5.78. The summed E-state index contributed by atoms with van der Waals surface area (Å²) >= 11 is 0. The maximum Gasteiger partial charge on any atom is 0.317 e. The topological polar surface area (TPSA) is 78.8 Å². The van der Waals surface area contributed by atoms with Gasteiger partial charge in [0.1, 0.15) is 5.65 Å². The van der Waals surface area contributed by atoms with Gasteiger partial charge in [-0.15, -0.1) is 0 Å². The van der Waals surface area contributed by atoms with E-state index in [1.54, 1.807) is 0 Å². The molecule has 2 aliphatic heterocycles. The lowest BCUT2D eigenvalue weighted by molar-refractivity contribution is 0.202. The van der Waals surface area contributed by atoms with Crippen molar-refractivity contribution in [3.05, 3.63) is 72.2 Å². The molecule has 7 nitrogen and oxygen atoms in total. The monoisotopic (exact) mass is 426 g/mol. The Labute approximate surface area is 186 Å². The molecular weight excluding hydrogens is 400 g/mol. The summed E-state index contributed by atoms with van der Waals surface area (Å²) in [5.41, 5.74) is 5.22. The van der Waals surface area contributed by atoms with Crippen LogP contribution in [0.25, 0.3) is 22.3 Å². The molecule has 2 aliphatic rings. The number of amides is 2. The molecule has 6 rings (SSSR count). The number of hydrogen-bond acceptors (Lipinski definition) is 3. The molecule has 1 saturated heterocycles. The third-order valence-electron chi connectivity index (χ3n) is 7.10. The Bertz CT molecular complexity index is 1290. The summed E-state index contributed by atoms with van der Waals surface area (Å²) in [6, 6.07) is 16.5. The van der Waals surface area contributed by atoms with E-state index in [2.05, 4.69) is 32.1 Å². The Hall–Kier alpha value is -3.61. The summed E-state index contributed by atoms with van der Waals surface area (Å²) in [5, 5.41) is 9.13. The van der Waals surface area contributed by atoms with Crippen molar-refractivity contribution in [2.24, 2.45) is 0 Å². The van der Waals surface area contributed by atoms with Crippen LogP contribution < -0.4 is 5.32 Å². The third kappa shape index (κ3) is 3.07. The van der Waals surface area contributed by atoms with Crippen molar-refractivity contribution in [3.63, 3.8) is 0 Å². The first-order valence-corrected chi connectivity index (χ1v) is 11.2. The van der Waals surface area contributed by atoms with Crippen molar-refractivity contribution in [1.82, 2.24) is 30.0 Å². The maximum atomic E-state index is 13.0. The first-order valence-electron chi connectivity index (χ1n) is 11.2. The van der Waals surface area contributed by atoms with Crippen molar-refractivity contribution in [3.8, 4) is 11.3 Å². The maximum absolute atomic E-state index is 13.0. The largest absolute Gasteiger partial charge is 0.346 e. The molecule has 3 aromatic heterocycles. The Kier molecular flexibility index (Phi) is 4.31. The highest BCUT2D eigenvalue weighted by atomic mass is 16.2. The van der Waals surface area contributed by atoms with Gasteiger partial charge < -0.3 is 15.2 Å². The predicted octanol–water partition coefficient (Wildman–Crippen LogP) is 4.24. The quantitative estimate of drug-likeness (QED) is 0.514. The number of hydrogen-bond donors (Lipinski definition) is 2. The zero-order valence-electron chi connectivity index (χ0n) is 18.1. The van der Waals surface area contributed by atoms with Gasteiger partial charge in [-0.2, -0.15) is 5.10 Å². The van der Waals surface area contributed by atoms with Crippen LogP contribution in [0.3, 0.4) is 0 Å². The first-order chi connectivity index (χ1) is 15.6. The predicted molar refractivity (Wildman–Crippen MR) is 123 cm³/mol. The number of likely N-dealkylation sites (tertiary alicyclic amines) is 1.